The smallest absolute Gasteiger partial charge is 0.338 e. The van der Waals surface area contributed by atoms with Crippen LogP contribution in [0.2, 0.25) is 0 Å². The van der Waals surface area contributed by atoms with Crippen LogP contribution in [0.1, 0.15) is 31.1 Å². The van der Waals surface area contributed by atoms with Gasteiger partial charge < -0.3 is 18.9 Å². The van der Waals surface area contributed by atoms with Crippen LogP contribution in [0.25, 0.3) is 0 Å². The highest BCUT2D eigenvalue weighted by Gasteiger charge is 2.39. The highest BCUT2D eigenvalue weighted by molar-refractivity contribution is 5.91. The number of benzene rings is 3. The lowest BCUT2D eigenvalue weighted by atomic mass is 10.1. The Morgan fingerprint density at radius 3 is 1.65 bits per heavy atom. The van der Waals surface area contributed by atoms with Crippen molar-refractivity contribution in [2.75, 3.05) is 6.61 Å². The third kappa shape index (κ3) is 5.69. The third-order valence-electron chi connectivity index (χ3n) is 5.11. The summed E-state index contributed by atoms with van der Waals surface area (Å²) in [4.78, 5) is 37.8. The largest absolute Gasteiger partial charge is 0.491 e. The lowest BCUT2D eigenvalue weighted by Gasteiger charge is -2.33. The summed E-state index contributed by atoms with van der Waals surface area (Å²) in [7, 11) is 0. The second-order valence-electron chi connectivity index (χ2n) is 7.44. The second-order valence-corrected chi connectivity index (χ2v) is 7.44. The fourth-order valence-electron chi connectivity index (χ4n) is 3.35. The molecule has 0 aliphatic carbocycles. The maximum absolute atomic E-state index is 12.8. The van der Waals surface area contributed by atoms with Gasteiger partial charge in [-0.1, -0.05) is 54.6 Å². The molecule has 0 bridgehead atoms. The number of esters is 3. The maximum Gasteiger partial charge on any atom is 0.338 e. The van der Waals surface area contributed by atoms with Crippen LogP contribution >= 0.6 is 0 Å². The van der Waals surface area contributed by atoms with Crippen LogP contribution in [0.15, 0.2) is 103 Å². The van der Waals surface area contributed by atoms with E-state index in [1.165, 1.54) is 12.3 Å². The quantitative estimate of drug-likeness (QED) is 0.387. The molecular weight excluding hydrogens is 436 g/mol. The van der Waals surface area contributed by atoms with Gasteiger partial charge in [0.2, 0.25) is 0 Å². The van der Waals surface area contributed by atoms with Crippen LogP contribution in [0.4, 0.5) is 0 Å². The predicted molar refractivity (Wildman–Crippen MR) is 122 cm³/mol. The summed E-state index contributed by atoms with van der Waals surface area (Å²) in [6.45, 7) is -0.218. The van der Waals surface area contributed by atoms with Gasteiger partial charge in [0.1, 0.15) is 6.61 Å². The minimum absolute atomic E-state index is 0.218. The molecule has 0 spiro atoms. The summed E-state index contributed by atoms with van der Waals surface area (Å²) in [5.74, 6) is -1.76. The van der Waals surface area contributed by atoms with E-state index in [9.17, 15) is 14.4 Å². The monoisotopic (exact) mass is 458 g/mol. The molecule has 1 aliphatic heterocycles. The van der Waals surface area contributed by atoms with Crippen molar-refractivity contribution in [3.63, 3.8) is 0 Å². The Bertz CT molecular complexity index is 1140. The zero-order chi connectivity index (χ0) is 23.8. The standard InChI is InChI=1S/C27H22O7/c28-25(19-10-4-1-5-11-19)32-18-23-24(34-27(30)21-14-8-3-9-15-21)22(16-17-31-23)33-26(29)20-12-6-2-7-13-20/h1-17,22-24H,18H2/t22-,23-,24+/m1/s1. The van der Waals surface area contributed by atoms with Crippen molar-refractivity contribution in [2.24, 2.45) is 0 Å². The predicted octanol–water partition coefficient (Wildman–Crippen LogP) is 4.21. The van der Waals surface area contributed by atoms with E-state index in [0.29, 0.717) is 16.7 Å². The number of rotatable bonds is 7. The minimum atomic E-state index is -1.05. The molecule has 0 saturated heterocycles. The Morgan fingerprint density at radius 2 is 1.12 bits per heavy atom. The van der Waals surface area contributed by atoms with Crippen molar-refractivity contribution in [1.29, 1.82) is 0 Å². The van der Waals surface area contributed by atoms with Crippen LogP contribution in [0, 0.1) is 0 Å². The molecule has 7 nitrogen and oxygen atoms in total. The minimum Gasteiger partial charge on any atom is -0.491 e. The molecule has 172 valence electrons. The number of hydrogen-bond acceptors (Lipinski definition) is 7. The zero-order valence-corrected chi connectivity index (χ0v) is 18.1. The third-order valence-corrected chi connectivity index (χ3v) is 5.11. The van der Waals surface area contributed by atoms with Crippen molar-refractivity contribution in [2.45, 2.75) is 18.3 Å². The van der Waals surface area contributed by atoms with E-state index in [0.717, 1.165) is 0 Å². The Labute approximate surface area is 196 Å². The van der Waals surface area contributed by atoms with Crippen LogP contribution in [0.3, 0.4) is 0 Å². The van der Waals surface area contributed by atoms with E-state index >= 15 is 0 Å². The molecule has 4 rings (SSSR count). The molecular formula is C27H22O7. The molecule has 3 aromatic carbocycles. The Balaban J connectivity index is 1.51. The van der Waals surface area contributed by atoms with Crippen molar-refractivity contribution < 1.29 is 33.3 Å². The topological polar surface area (TPSA) is 88.1 Å². The first-order chi connectivity index (χ1) is 16.6. The lowest BCUT2D eigenvalue weighted by Crippen LogP contribution is -2.48. The summed E-state index contributed by atoms with van der Waals surface area (Å²) in [5, 5.41) is 0. The van der Waals surface area contributed by atoms with Gasteiger partial charge in [-0.2, -0.15) is 0 Å². The summed E-state index contributed by atoms with van der Waals surface area (Å²) in [6, 6.07) is 25.4. The Hall–Kier alpha value is -4.39. The molecule has 0 aromatic heterocycles. The van der Waals surface area contributed by atoms with Crippen LogP contribution < -0.4 is 0 Å². The summed E-state index contributed by atoms with van der Waals surface area (Å²) in [5.41, 5.74) is 1.05. The van der Waals surface area contributed by atoms with Gasteiger partial charge in [-0.15, -0.1) is 0 Å². The first-order valence-electron chi connectivity index (χ1n) is 10.7. The fourth-order valence-corrected chi connectivity index (χ4v) is 3.35. The van der Waals surface area contributed by atoms with Gasteiger partial charge in [-0.25, -0.2) is 14.4 Å². The first-order valence-corrected chi connectivity index (χ1v) is 10.7. The Kier molecular flexibility index (Phi) is 7.35. The molecule has 3 aromatic rings. The molecule has 1 heterocycles. The van der Waals surface area contributed by atoms with E-state index in [1.54, 1.807) is 91.0 Å². The highest BCUT2D eigenvalue weighted by Crippen LogP contribution is 2.22. The molecule has 0 fully saturated rings. The first kappa shape index (κ1) is 22.8. The molecule has 0 unspecified atom stereocenters. The highest BCUT2D eigenvalue weighted by atomic mass is 16.6. The number of ether oxygens (including phenoxy) is 4. The van der Waals surface area contributed by atoms with E-state index in [1.807, 2.05) is 0 Å². The van der Waals surface area contributed by atoms with E-state index < -0.39 is 36.2 Å². The SMILES string of the molecule is O=C(OC[C@H]1OC=C[C@@H](OC(=O)c2ccccc2)[C@@H]1OC(=O)c1ccccc1)c1ccccc1. The summed E-state index contributed by atoms with van der Waals surface area (Å²) in [6.07, 6.45) is -0.0572. The number of hydrogen-bond donors (Lipinski definition) is 0. The van der Waals surface area contributed by atoms with Crippen molar-refractivity contribution in [3.05, 3.63) is 120 Å². The zero-order valence-electron chi connectivity index (χ0n) is 18.1. The molecule has 7 heteroatoms. The van der Waals surface area contributed by atoms with Crippen molar-refractivity contribution in [1.82, 2.24) is 0 Å². The van der Waals surface area contributed by atoms with Crippen LogP contribution in [-0.2, 0) is 18.9 Å². The molecule has 0 saturated carbocycles. The average molecular weight is 458 g/mol. The maximum atomic E-state index is 12.8. The summed E-state index contributed by atoms with van der Waals surface area (Å²) < 4.78 is 22.3. The van der Waals surface area contributed by atoms with Gasteiger partial charge >= 0.3 is 17.9 Å². The normalized spacial score (nSPS) is 18.9. The number of carbonyl (C=O) groups excluding carboxylic acids is 3. The number of carbonyl (C=O) groups is 3. The molecule has 0 amide bonds. The molecule has 1 aliphatic rings. The Morgan fingerprint density at radius 1 is 0.647 bits per heavy atom. The molecule has 0 N–H and O–H groups in total. The molecule has 34 heavy (non-hydrogen) atoms. The summed E-state index contributed by atoms with van der Waals surface area (Å²) >= 11 is 0. The van der Waals surface area contributed by atoms with Crippen molar-refractivity contribution in [3.8, 4) is 0 Å². The van der Waals surface area contributed by atoms with Crippen molar-refractivity contribution >= 4 is 17.9 Å². The van der Waals surface area contributed by atoms with Gasteiger partial charge in [0.15, 0.2) is 18.3 Å². The van der Waals surface area contributed by atoms with E-state index in [-0.39, 0.29) is 6.61 Å². The lowest BCUT2D eigenvalue weighted by molar-refractivity contribution is -0.0981. The second kappa shape index (κ2) is 11.0. The molecule has 0 radical (unpaired) electrons. The van der Waals surface area contributed by atoms with Gasteiger partial charge in [-0.3, -0.25) is 0 Å². The van der Waals surface area contributed by atoms with Gasteiger partial charge in [0.05, 0.1) is 23.0 Å². The molecule has 3 atom stereocenters. The fraction of sp³-hybridized carbons (Fsp3) is 0.148. The van der Waals surface area contributed by atoms with E-state index in [4.69, 9.17) is 18.9 Å². The average Bonchev–Trinajstić information content (AvgIpc) is 2.90. The van der Waals surface area contributed by atoms with Gasteiger partial charge in [0.25, 0.3) is 0 Å². The van der Waals surface area contributed by atoms with Gasteiger partial charge in [-0.05, 0) is 42.5 Å². The van der Waals surface area contributed by atoms with E-state index in [2.05, 4.69) is 0 Å². The van der Waals surface area contributed by atoms with Gasteiger partial charge in [0, 0.05) is 0 Å². The van der Waals surface area contributed by atoms with Crippen LogP contribution in [-0.4, -0.2) is 42.8 Å². The van der Waals surface area contributed by atoms with Crippen LogP contribution in [0.5, 0.6) is 0 Å².